The molecule has 33 heavy (non-hydrogen) atoms. The maximum atomic E-state index is 13.4. The molecule has 0 saturated heterocycles. The van der Waals surface area contributed by atoms with Crippen LogP contribution in [0.5, 0.6) is 17.2 Å². The molecule has 168 valence electrons. The van der Waals surface area contributed by atoms with Crippen LogP contribution in [0.15, 0.2) is 69.9 Å². The molecule has 0 aliphatic rings. The topological polar surface area (TPSA) is 87.0 Å². The van der Waals surface area contributed by atoms with Crippen molar-refractivity contribution in [2.45, 2.75) is 6.92 Å². The second kappa shape index (κ2) is 9.08. The number of fused-ring (bicyclic) bond motifs is 1. The van der Waals surface area contributed by atoms with Crippen molar-refractivity contribution >= 4 is 22.8 Å². The molecule has 0 fully saturated rings. The molecule has 0 radical (unpaired) electrons. The molecule has 7 heteroatoms. The number of benzene rings is 3. The van der Waals surface area contributed by atoms with Crippen molar-refractivity contribution in [2.75, 3.05) is 26.6 Å². The van der Waals surface area contributed by atoms with Gasteiger partial charge in [0.05, 0.1) is 32.3 Å². The molecule has 0 bridgehead atoms. The Morgan fingerprint density at radius 1 is 0.879 bits per heavy atom. The number of ether oxygens (including phenoxy) is 3. The molecule has 4 rings (SSSR count). The van der Waals surface area contributed by atoms with E-state index in [0.29, 0.717) is 33.8 Å². The summed E-state index contributed by atoms with van der Waals surface area (Å²) in [5, 5.41) is 3.21. The van der Waals surface area contributed by atoms with Gasteiger partial charge in [0.25, 0.3) is 5.91 Å². The van der Waals surface area contributed by atoms with Crippen molar-refractivity contribution in [3.8, 4) is 28.4 Å². The van der Waals surface area contributed by atoms with Gasteiger partial charge in [0.15, 0.2) is 11.5 Å². The smallest absolute Gasteiger partial charge is 0.258 e. The SMILES string of the molecule is COc1cc(C(=O)Nc2oc3c(C)cccc3c(=O)c2-c2ccccc2)cc(OC)c1OC. The lowest BCUT2D eigenvalue weighted by Gasteiger charge is -2.15. The van der Waals surface area contributed by atoms with Gasteiger partial charge in [-0.15, -0.1) is 0 Å². The van der Waals surface area contributed by atoms with E-state index in [0.717, 1.165) is 5.56 Å². The largest absolute Gasteiger partial charge is 0.493 e. The van der Waals surface area contributed by atoms with Gasteiger partial charge in [-0.1, -0.05) is 42.5 Å². The molecule has 0 aliphatic heterocycles. The highest BCUT2D eigenvalue weighted by molar-refractivity contribution is 6.06. The minimum Gasteiger partial charge on any atom is -0.493 e. The number of nitrogens with one attached hydrogen (secondary N) is 1. The minimum absolute atomic E-state index is 0.0618. The summed E-state index contributed by atoms with van der Waals surface area (Å²) in [5.74, 6) is 0.603. The van der Waals surface area contributed by atoms with E-state index in [1.165, 1.54) is 33.5 Å². The number of methoxy groups -OCH3 is 3. The Labute approximate surface area is 190 Å². The van der Waals surface area contributed by atoms with Crippen LogP contribution in [-0.2, 0) is 0 Å². The zero-order valence-corrected chi connectivity index (χ0v) is 18.7. The van der Waals surface area contributed by atoms with Gasteiger partial charge in [0.1, 0.15) is 5.58 Å². The molecule has 0 spiro atoms. The first-order valence-electron chi connectivity index (χ1n) is 10.2. The molecule has 0 unspecified atom stereocenters. The Balaban J connectivity index is 1.88. The predicted octanol–water partition coefficient (Wildman–Crippen LogP) is 5.05. The number of hydrogen-bond acceptors (Lipinski definition) is 6. The van der Waals surface area contributed by atoms with Crippen molar-refractivity contribution < 1.29 is 23.4 Å². The third-order valence-corrected chi connectivity index (χ3v) is 5.33. The van der Waals surface area contributed by atoms with Gasteiger partial charge in [-0.2, -0.15) is 0 Å². The van der Waals surface area contributed by atoms with Crippen LogP contribution in [0.3, 0.4) is 0 Å². The summed E-state index contributed by atoms with van der Waals surface area (Å²) in [6.45, 7) is 1.85. The highest BCUT2D eigenvalue weighted by atomic mass is 16.5. The molecule has 0 atom stereocenters. The highest BCUT2D eigenvalue weighted by Gasteiger charge is 2.22. The lowest BCUT2D eigenvalue weighted by molar-refractivity contribution is 0.102. The molecule has 1 aromatic heterocycles. The zero-order valence-electron chi connectivity index (χ0n) is 18.7. The first kappa shape index (κ1) is 22.0. The summed E-state index contributed by atoms with van der Waals surface area (Å²) in [6, 6.07) is 17.5. The fraction of sp³-hybridized carbons (Fsp3) is 0.154. The van der Waals surface area contributed by atoms with Crippen LogP contribution in [-0.4, -0.2) is 27.2 Å². The Morgan fingerprint density at radius 3 is 2.15 bits per heavy atom. The Kier molecular flexibility index (Phi) is 6.04. The van der Waals surface area contributed by atoms with Gasteiger partial charge in [0.2, 0.25) is 17.1 Å². The average molecular weight is 445 g/mol. The summed E-state index contributed by atoms with van der Waals surface area (Å²) in [4.78, 5) is 26.7. The van der Waals surface area contributed by atoms with E-state index in [9.17, 15) is 9.59 Å². The van der Waals surface area contributed by atoms with Crippen molar-refractivity contribution in [1.29, 1.82) is 0 Å². The van der Waals surface area contributed by atoms with Gasteiger partial charge in [0, 0.05) is 5.56 Å². The van der Waals surface area contributed by atoms with Gasteiger partial charge in [-0.25, -0.2) is 0 Å². The summed E-state index contributed by atoms with van der Waals surface area (Å²) >= 11 is 0. The molecule has 0 aliphatic carbocycles. The Morgan fingerprint density at radius 2 is 1.55 bits per heavy atom. The van der Waals surface area contributed by atoms with Gasteiger partial charge in [-0.05, 0) is 36.2 Å². The van der Waals surface area contributed by atoms with E-state index in [-0.39, 0.29) is 22.4 Å². The van der Waals surface area contributed by atoms with Crippen molar-refractivity contribution in [3.05, 3.63) is 82.0 Å². The summed E-state index contributed by atoms with van der Waals surface area (Å²) in [5.41, 5.74) is 2.13. The lowest BCUT2D eigenvalue weighted by Crippen LogP contribution is -2.17. The Hall–Kier alpha value is -4.26. The van der Waals surface area contributed by atoms with E-state index in [2.05, 4.69) is 5.32 Å². The van der Waals surface area contributed by atoms with E-state index < -0.39 is 5.91 Å². The molecular weight excluding hydrogens is 422 g/mol. The molecule has 1 amide bonds. The highest BCUT2D eigenvalue weighted by Crippen LogP contribution is 2.38. The molecule has 1 heterocycles. The predicted molar refractivity (Wildman–Crippen MR) is 127 cm³/mol. The van der Waals surface area contributed by atoms with E-state index in [1.807, 2.05) is 31.2 Å². The number of hydrogen-bond donors (Lipinski definition) is 1. The number of amides is 1. The van der Waals surface area contributed by atoms with Crippen LogP contribution in [0.1, 0.15) is 15.9 Å². The average Bonchev–Trinajstić information content (AvgIpc) is 2.84. The molecule has 7 nitrogen and oxygen atoms in total. The van der Waals surface area contributed by atoms with E-state index in [1.54, 1.807) is 24.3 Å². The van der Waals surface area contributed by atoms with Crippen molar-refractivity contribution in [1.82, 2.24) is 0 Å². The fourth-order valence-electron chi connectivity index (χ4n) is 3.70. The molecular formula is C26H23NO6. The maximum Gasteiger partial charge on any atom is 0.258 e. The number of para-hydroxylation sites is 1. The number of anilines is 1. The van der Waals surface area contributed by atoms with Crippen molar-refractivity contribution in [3.63, 3.8) is 0 Å². The summed E-state index contributed by atoms with van der Waals surface area (Å²) < 4.78 is 22.1. The van der Waals surface area contributed by atoms with Gasteiger partial charge in [-0.3, -0.25) is 14.9 Å². The molecule has 1 N–H and O–H groups in total. The van der Waals surface area contributed by atoms with Crippen LogP contribution in [0.2, 0.25) is 0 Å². The van der Waals surface area contributed by atoms with Gasteiger partial charge >= 0.3 is 0 Å². The van der Waals surface area contributed by atoms with Crippen LogP contribution >= 0.6 is 0 Å². The third-order valence-electron chi connectivity index (χ3n) is 5.33. The monoisotopic (exact) mass is 445 g/mol. The second-order valence-corrected chi connectivity index (χ2v) is 7.32. The lowest BCUT2D eigenvalue weighted by atomic mass is 10.0. The first-order valence-corrected chi connectivity index (χ1v) is 10.2. The van der Waals surface area contributed by atoms with E-state index in [4.69, 9.17) is 18.6 Å². The third kappa shape index (κ3) is 4.01. The fourth-order valence-corrected chi connectivity index (χ4v) is 3.70. The Bertz CT molecular complexity index is 1370. The van der Waals surface area contributed by atoms with E-state index >= 15 is 0 Å². The number of aryl methyl sites for hydroxylation is 1. The number of rotatable bonds is 6. The van der Waals surface area contributed by atoms with Gasteiger partial charge < -0.3 is 18.6 Å². The van der Waals surface area contributed by atoms with Crippen molar-refractivity contribution in [2.24, 2.45) is 0 Å². The second-order valence-electron chi connectivity index (χ2n) is 7.32. The number of carbonyl (C=O) groups excluding carboxylic acids is 1. The van der Waals surface area contributed by atoms with Crippen LogP contribution < -0.4 is 25.0 Å². The normalized spacial score (nSPS) is 10.7. The molecule has 4 aromatic rings. The molecule has 0 saturated carbocycles. The maximum absolute atomic E-state index is 13.4. The minimum atomic E-state index is -0.498. The van der Waals surface area contributed by atoms with Crippen LogP contribution in [0.4, 0.5) is 5.88 Å². The van der Waals surface area contributed by atoms with Crippen LogP contribution in [0, 0.1) is 6.92 Å². The standard InChI is InChI=1S/C26H23NO6/c1-15-9-8-12-18-22(28)21(16-10-6-5-7-11-16)26(33-23(15)18)27-25(29)17-13-19(30-2)24(32-4)20(14-17)31-3/h5-14H,1-4H3,(H,27,29). The first-order chi connectivity index (χ1) is 16.0. The molecule has 3 aromatic carbocycles. The number of carbonyl (C=O) groups is 1. The summed E-state index contributed by atoms with van der Waals surface area (Å²) in [7, 11) is 4.42. The summed E-state index contributed by atoms with van der Waals surface area (Å²) in [6.07, 6.45) is 0. The zero-order chi connectivity index (χ0) is 23.5. The van der Waals surface area contributed by atoms with Crippen LogP contribution in [0.25, 0.3) is 22.1 Å². The quantitative estimate of drug-likeness (QED) is 0.447.